The molecule has 0 spiro atoms. The van der Waals surface area contributed by atoms with Gasteiger partial charge in [-0.3, -0.25) is 4.72 Å². The van der Waals surface area contributed by atoms with Crippen molar-refractivity contribution in [3.05, 3.63) is 29.3 Å². The molecule has 118 valence electrons. The third-order valence-electron chi connectivity index (χ3n) is 2.36. The molecule has 0 aliphatic rings. The topological polar surface area (TPSA) is 95.5 Å². The Kier molecular flexibility index (Phi) is 5.18. The molecule has 0 fully saturated rings. The number of carboxylic acids is 1. The van der Waals surface area contributed by atoms with Gasteiger partial charge < -0.3 is 5.11 Å². The molecule has 6 nitrogen and oxygen atoms in total. The fourth-order valence-corrected chi connectivity index (χ4v) is 2.41. The predicted octanol–water partition coefficient (Wildman–Crippen LogP) is 2.06. The van der Waals surface area contributed by atoms with E-state index in [1.807, 2.05) is 0 Å². The molecule has 0 aliphatic heterocycles. The van der Waals surface area contributed by atoms with Crippen LogP contribution in [0.2, 0.25) is 0 Å². The second kappa shape index (κ2) is 6.31. The van der Waals surface area contributed by atoms with Crippen molar-refractivity contribution in [3.8, 4) is 0 Å². The van der Waals surface area contributed by atoms with Gasteiger partial charge in [0.05, 0.1) is 16.8 Å². The number of hydrogen-bond acceptors (Lipinski definition) is 3. The number of hydrogen-bond donors (Lipinski definition) is 3. The van der Waals surface area contributed by atoms with Gasteiger partial charge in [0.25, 0.3) is 10.2 Å². The van der Waals surface area contributed by atoms with E-state index < -0.39 is 39.2 Å². The van der Waals surface area contributed by atoms with Crippen LogP contribution in [0.4, 0.5) is 18.9 Å². The van der Waals surface area contributed by atoms with Gasteiger partial charge in [0.15, 0.2) is 0 Å². The van der Waals surface area contributed by atoms with E-state index >= 15 is 0 Å². The Labute approximate surface area is 119 Å². The van der Waals surface area contributed by atoms with Crippen LogP contribution in [-0.2, 0) is 16.4 Å². The van der Waals surface area contributed by atoms with Crippen LogP contribution in [0.3, 0.4) is 0 Å². The summed E-state index contributed by atoms with van der Waals surface area (Å²) in [6, 6.07) is 1.71. The Balaban J connectivity index is 3.22. The fraction of sp³-hybridized carbons (Fsp3) is 0.364. The van der Waals surface area contributed by atoms with Crippen molar-refractivity contribution in [2.45, 2.75) is 19.5 Å². The molecule has 1 rings (SSSR count). The minimum absolute atomic E-state index is 0.0662. The highest BCUT2D eigenvalue weighted by Gasteiger charge is 2.32. The quantitative estimate of drug-likeness (QED) is 0.745. The van der Waals surface area contributed by atoms with E-state index in [0.29, 0.717) is 24.6 Å². The summed E-state index contributed by atoms with van der Waals surface area (Å²) >= 11 is 0. The normalized spacial score (nSPS) is 12.2. The number of nitrogens with one attached hydrogen (secondary N) is 2. The highest BCUT2D eigenvalue weighted by molar-refractivity contribution is 7.90. The average molecular weight is 326 g/mol. The molecule has 0 saturated heterocycles. The average Bonchev–Trinajstić information content (AvgIpc) is 2.34. The van der Waals surface area contributed by atoms with Gasteiger partial charge >= 0.3 is 12.1 Å². The van der Waals surface area contributed by atoms with Crippen molar-refractivity contribution >= 4 is 21.9 Å². The number of aromatic carboxylic acids is 1. The number of carboxylic acid groups (broad SMARTS) is 1. The van der Waals surface area contributed by atoms with Gasteiger partial charge in [0.1, 0.15) is 0 Å². The molecule has 0 bridgehead atoms. The Morgan fingerprint density at radius 3 is 2.43 bits per heavy atom. The molecular weight excluding hydrogens is 313 g/mol. The fourth-order valence-electron chi connectivity index (χ4n) is 1.41. The van der Waals surface area contributed by atoms with E-state index in [4.69, 9.17) is 5.11 Å². The molecule has 0 aromatic heterocycles. The number of alkyl halides is 3. The molecule has 3 N–H and O–H groups in total. The van der Waals surface area contributed by atoms with Crippen molar-refractivity contribution in [1.82, 2.24) is 4.72 Å². The molecule has 0 unspecified atom stereocenters. The zero-order valence-corrected chi connectivity index (χ0v) is 11.7. The minimum atomic E-state index is -4.71. The number of anilines is 1. The predicted molar refractivity (Wildman–Crippen MR) is 69.2 cm³/mol. The summed E-state index contributed by atoms with van der Waals surface area (Å²) in [6.07, 6.45) is -4.25. The molecule has 1 aromatic rings. The van der Waals surface area contributed by atoms with E-state index in [1.54, 1.807) is 11.6 Å². The number of halogens is 3. The monoisotopic (exact) mass is 326 g/mol. The number of rotatable bonds is 6. The summed E-state index contributed by atoms with van der Waals surface area (Å²) in [5.41, 5.74) is -2.38. The summed E-state index contributed by atoms with van der Waals surface area (Å²) < 4.78 is 64.8. The maximum atomic E-state index is 12.6. The van der Waals surface area contributed by atoms with Crippen molar-refractivity contribution in [3.63, 3.8) is 0 Å². The lowest BCUT2D eigenvalue weighted by atomic mass is 10.1. The van der Waals surface area contributed by atoms with Crippen molar-refractivity contribution in [2.24, 2.45) is 0 Å². The highest BCUT2D eigenvalue weighted by Crippen LogP contribution is 2.32. The summed E-state index contributed by atoms with van der Waals surface area (Å²) in [4.78, 5) is 10.9. The molecule has 0 radical (unpaired) electrons. The maximum absolute atomic E-state index is 12.6. The van der Waals surface area contributed by atoms with Gasteiger partial charge in [-0.15, -0.1) is 0 Å². The van der Waals surface area contributed by atoms with E-state index in [2.05, 4.69) is 4.72 Å². The first kappa shape index (κ1) is 17.2. The van der Waals surface area contributed by atoms with Crippen LogP contribution in [0, 0.1) is 0 Å². The van der Waals surface area contributed by atoms with Crippen LogP contribution in [0.1, 0.15) is 29.3 Å². The third kappa shape index (κ3) is 4.90. The first-order chi connectivity index (χ1) is 9.57. The van der Waals surface area contributed by atoms with Gasteiger partial charge in [-0.2, -0.15) is 26.3 Å². The van der Waals surface area contributed by atoms with Crippen LogP contribution < -0.4 is 9.44 Å². The molecular formula is C11H13F3N2O4S. The Morgan fingerprint density at radius 2 is 1.95 bits per heavy atom. The Bertz CT molecular complexity index is 629. The van der Waals surface area contributed by atoms with Crippen molar-refractivity contribution in [2.75, 3.05) is 11.3 Å². The maximum Gasteiger partial charge on any atom is 0.416 e. The summed E-state index contributed by atoms with van der Waals surface area (Å²) in [6.45, 7) is 1.76. The Morgan fingerprint density at radius 1 is 1.33 bits per heavy atom. The van der Waals surface area contributed by atoms with Crippen LogP contribution >= 0.6 is 0 Å². The summed E-state index contributed by atoms with van der Waals surface area (Å²) in [7, 11) is -4.15. The standard InChI is InChI=1S/C11H13F3N2O4S/c1-2-5-15-21(19,20)16-9-6-7(11(12,13)14)3-4-8(9)10(17)18/h3-4,6,15-16H,2,5H2,1H3,(H,17,18). The lowest BCUT2D eigenvalue weighted by Crippen LogP contribution is -2.31. The van der Waals surface area contributed by atoms with Gasteiger partial charge in [-0.25, -0.2) is 4.79 Å². The van der Waals surface area contributed by atoms with E-state index in [1.165, 1.54) is 0 Å². The number of benzene rings is 1. The first-order valence-electron chi connectivity index (χ1n) is 5.78. The van der Waals surface area contributed by atoms with E-state index in [9.17, 15) is 26.4 Å². The van der Waals surface area contributed by atoms with E-state index in [0.717, 1.165) is 0 Å². The SMILES string of the molecule is CCCNS(=O)(=O)Nc1cc(C(F)(F)F)ccc1C(=O)O. The second-order valence-electron chi connectivity index (χ2n) is 4.06. The molecule has 0 saturated carbocycles. The van der Waals surface area contributed by atoms with Crippen molar-refractivity contribution < 1.29 is 31.5 Å². The molecule has 1 aromatic carbocycles. The molecule has 0 heterocycles. The van der Waals surface area contributed by atoms with Gasteiger partial charge in [0, 0.05) is 6.54 Å². The largest absolute Gasteiger partial charge is 0.478 e. The zero-order chi connectivity index (χ0) is 16.3. The molecule has 0 atom stereocenters. The van der Waals surface area contributed by atoms with Crippen molar-refractivity contribution in [1.29, 1.82) is 0 Å². The lowest BCUT2D eigenvalue weighted by Gasteiger charge is -2.14. The van der Waals surface area contributed by atoms with Crippen LogP contribution in [0.5, 0.6) is 0 Å². The number of carbonyl (C=O) groups is 1. The van der Waals surface area contributed by atoms with Crippen LogP contribution in [0.25, 0.3) is 0 Å². The van der Waals surface area contributed by atoms with Crippen LogP contribution in [-0.4, -0.2) is 26.0 Å². The second-order valence-corrected chi connectivity index (χ2v) is 5.56. The van der Waals surface area contributed by atoms with Gasteiger partial charge in [-0.1, -0.05) is 6.92 Å². The van der Waals surface area contributed by atoms with E-state index in [-0.39, 0.29) is 6.54 Å². The van der Waals surface area contributed by atoms with Gasteiger partial charge in [0.2, 0.25) is 0 Å². The van der Waals surface area contributed by atoms with Crippen LogP contribution in [0.15, 0.2) is 18.2 Å². The molecule has 0 amide bonds. The first-order valence-corrected chi connectivity index (χ1v) is 7.27. The smallest absolute Gasteiger partial charge is 0.416 e. The molecule has 10 heteroatoms. The van der Waals surface area contributed by atoms with Gasteiger partial charge in [-0.05, 0) is 24.6 Å². The lowest BCUT2D eigenvalue weighted by molar-refractivity contribution is -0.137. The molecule has 21 heavy (non-hydrogen) atoms. The Hall–Kier alpha value is -1.81. The molecule has 0 aliphatic carbocycles. The summed E-state index contributed by atoms with van der Waals surface area (Å²) in [5, 5.41) is 8.90. The zero-order valence-electron chi connectivity index (χ0n) is 10.9. The summed E-state index contributed by atoms with van der Waals surface area (Å²) in [5.74, 6) is -1.54. The third-order valence-corrected chi connectivity index (χ3v) is 3.44. The highest BCUT2D eigenvalue weighted by atomic mass is 32.2. The minimum Gasteiger partial charge on any atom is -0.478 e.